The molecule has 0 radical (unpaired) electrons. The number of hydrogen-bond donors (Lipinski definition) is 1. The molecule has 1 N–H and O–H groups in total. The summed E-state index contributed by atoms with van der Waals surface area (Å²) in [6, 6.07) is -1.31. The van der Waals surface area contributed by atoms with Crippen molar-refractivity contribution in [3.05, 3.63) is 34.6 Å². The fourth-order valence-electron chi connectivity index (χ4n) is 4.25. The van der Waals surface area contributed by atoms with Crippen molar-refractivity contribution in [3.63, 3.8) is 0 Å². The standard InChI is InChI=1S/C29H44F5NO3/c1-4-5-6-7-8-9-10-11-12-13-14-15-16-17-18-19-38-29(37)27(20(2)3)35-28(36)21-22(30)24(32)26(34)25(33)23(21)31/h20,27H,4-19H2,1-3H3,(H,35,36). The number of carbonyl (C=O) groups is 2. The minimum atomic E-state index is -2.36. The normalized spacial score (nSPS) is 12.1. The van der Waals surface area contributed by atoms with Crippen LogP contribution in [0.4, 0.5) is 22.0 Å². The van der Waals surface area contributed by atoms with E-state index in [0.717, 1.165) is 19.3 Å². The molecule has 0 aromatic heterocycles. The lowest BCUT2D eigenvalue weighted by Gasteiger charge is -2.21. The molecule has 0 saturated carbocycles. The number of benzene rings is 1. The average molecular weight is 550 g/mol. The SMILES string of the molecule is CCCCCCCCCCCCCCCCCOC(=O)C(NC(=O)c1c(F)c(F)c(F)c(F)c1F)C(C)C. The van der Waals surface area contributed by atoms with E-state index in [4.69, 9.17) is 4.74 Å². The second kappa shape index (κ2) is 19.0. The molecule has 0 heterocycles. The van der Waals surface area contributed by atoms with Gasteiger partial charge in [-0.1, -0.05) is 111 Å². The fourth-order valence-corrected chi connectivity index (χ4v) is 4.25. The zero-order valence-electron chi connectivity index (χ0n) is 23.1. The lowest BCUT2D eigenvalue weighted by molar-refractivity contribution is -0.147. The fraction of sp³-hybridized carbons (Fsp3) is 0.724. The average Bonchev–Trinajstić information content (AvgIpc) is 2.89. The Bertz CT molecular complexity index is 834. The summed E-state index contributed by atoms with van der Waals surface area (Å²) in [5.41, 5.74) is -1.64. The number of halogens is 5. The molecule has 1 atom stereocenters. The van der Waals surface area contributed by atoms with E-state index in [1.54, 1.807) is 13.8 Å². The van der Waals surface area contributed by atoms with Crippen molar-refractivity contribution in [3.8, 4) is 0 Å². The molecule has 1 rings (SSSR count). The molecule has 0 spiro atoms. The van der Waals surface area contributed by atoms with E-state index in [-0.39, 0.29) is 6.61 Å². The maximum Gasteiger partial charge on any atom is 0.328 e. The lowest BCUT2D eigenvalue weighted by Crippen LogP contribution is -2.46. The van der Waals surface area contributed by atoms with E-state index in [1.165, 1.54) is 70.6 Å². The molecule has 4 nitrogen and oxygen atoms in total. The minimum absolute atomic E-state index is 0.110. The lowest BCUT2D eigenvalue weighted by atomic mass is 10.0. The molecule has 1 unspecified atom stereocenters. The highest BCUT2D eigenvalue weighted by Crippen LogP contribution is 2.23. The van der Waals surface area contributed by atoms with Gasteiger partial charge >= 0.3 is 5.97 Å². The van der Waals surface area contributed by atoms with E-state index < -0.39 is 58.5 Å². The first kappa shape index (κ1) is 33.8. The van der Waals surface area contributed by atoms with Crippen LogP contribution in [-0.2, 0) is 9.53 Å². The third-order valence-electron chi connectivity index (χ3n) is 6.64. The van der Waals surface area contributed by atoms with Gasteiger partial charge in [0, 0.05) is 0 Å². The zero-order valence-corrected chi connectivity index (χ0v) is 23.1. The van der Waals surface area contributed by atoms with Crippen LogP contribution >= 0.6 is 0 Å². The predicted octanol–water partition coefficient (Wildman–Crippen LogP) is 8.55. The number of unbranched alkanes of at least 4 members (excludes halogenated alkanes) is 14. The Morgan fingerprint density at radius 3 is 1.39 bits per heavy atom. The molecule has 0 aliphatic heterocycles. The first-order valence-electron chi connectivity index (χ1n) is 14.1. The molecule has 1 amide bonds. The van der Waals surface area contributed by atoms with Crippen LogP contribution in [0.25, 0.3) is 0 Å². The van der Waals surface area contributed by atoms with Crippen molar-refractivity contribution in [1.29, 1.82) is 0 Å². The summed E-state index contributed by atoms with van der Waals surface area (Å²) in [5, 5.41) is 2.04. The van der Waals surface area contributed by atoms with Crippen LogP contribution in [0.1, 0.15) is 127 Å². The summed E-state index contributed by atoms with van der Waals surface area (Å²) in [6.45, 7) is 5.45. The Kier molecular flexibility index (Phi) is 16.9. The van der Waals surface area contributed by atoms with Crippen molar-refractivity contribution in [1.82, 2.24) is 5.32 Å². The third kappa shape index (κ3) is 11.7. The number of ether oxygens (including phenoxy) is 1. The first-order chi connectivity index (χ1) is 18.1. The number of hydrogen-bond acceptors (Lipinski definition) is 3. The van der Waals surface area contributed by atoms with Crippen molar-refractivity contribution in [2.24, 2.45) is 5.92 Å². The van der Waals surface area contributed by atoms with Gasteiger partial charge in [0.2, 0.25) is 5.82 Å². The van der Waals surface area contributed by atoms with Crippen molar-refractivity contribution in [2.75, 3.05) is 6.61 Å². The van der Waals surface area contributed by atoms with Gasteiger partial charge in [-0.25, -0.2) is 26.7 Å². The van der Waals surface area contributed by atoms with Crippen molar-refractivity contribution in [2.45, 2.75) is 123 Å². The number of rotatable bonds is 20. The Morgan fingerprint density at radius 1 is 0.632 bits per heavy atom. The van der Waals surface area contributed by atoms with Crippen molar-refractivity contribution < 1.29 is 36.3 Å². The van der Waals surface area contributed by atoms with Crippen LogP contribution in [0.3, 0.4) is 0 Å². The van der Waals surface area contributed by atoms with Gasteiger partial charge in [0.15, 0.2) is 23.3 Å². The zero-order chi connectivity index (χ0) is 28.5. The smallest absolute Gasteiger partial charge is 0.328 e. The second-order valence-electron chi connectivity index (χ2n) is 10.3. The Hall–Kier alpha value is -2.19. The summed E-state index contributed by atoms with van der Waals surface area (Å²) >= 11 is 0. The minimum Gasteiger partial charge on any atom is -0.464 e. The summed E-state index contributed by atoms with van der Waals surface area (Å²) in [5.74, 6) is -14.3. The summed E-state index contributed by atoms with van der Waals surface area (Å²) in [6.07, 6.45) is 17.9. The van der Waals surface area contributed by atoms with Gasteiger partial charge in [0.25, 0.3) is 5.91 Å². The van der Waals surface area contributed by atoms with Gasteiger partial charge in [0.05, 0.1) is 6.61 Å². The van der Waals surface area contributed by atoms with Crippen LogP contribution < -0.4 is 5.32 Å². The van der Waals surface area contributed by atoms with E-state index in [2.05, 4.69) is 6.92 Å². The quantitative estimate of drug-likeness (QED) is 0.0583. The van der Waals surface area contributed by atoms with Gasteiger partial charge in [0.1, 0.15) is 11.6 Å². The van der Waals surface area contributed by atoms with Gasteiger partial charge in [-0.2, -0.15) is 0 Å². The number of esters is 1. The molecule has 38 heavy (non-hydrogen) atoms. The summed E-state index contributed by atoms with van der Waals surface area (Å²) < 4.78 is 73.1. The Morgan fingerprint density at radius 2 is 1.00 bits per heavy atom. The monoisotopic (exact) mass is 549 g/mol. The maximum atomic E-state index is 13.9. The summed E-state index contributed by atoms with van der Waals surface area (Å²) in [4.78, 5) is 24.7. The Labute approximate surface area is 224 Å². The highest BCUT2D eigenvalue weighted by atomic mass is 19.2. The van der Waals surface area contributed by atoms with Crippen LogP contribution in [0.15, 0.2) is 0 Å². The second-order valence-corrected chi connectivity index (χ2v) is 10.3. The summed E-state index contributed by atoms with van der Waals surface area (Å²) in [7, 11) is 0. The van der Waals surface area contributed by atoms with E-state index in [0.29, 0.717) is 6.42 Å². The molecule has 1 aromatic rings. The highest BCUT2D eigenvalue weighted by Gasteiger charge is 2.33. The van der Waals surface area contributed by atoms with Crippen LogP contribution in [0.2, 0.25) is 0 Å². The van der Waals surface area contributed by atoms with Gasteiger partial charge in [-0.15, -0.1) is 0 Å². The molecule has 218 valence electrons. The van der Waals surface area contributed by atoms with Crippen LogP contribution in [0.5, 0.6) is 0 Å². The van der Waals surface area contributed by atoms with Gasteiger partial charge < -0.3 is 10.1 Å². The van der Waals surface area contributed by atoms with E-state index >= 15 is 0 Å². The molecule has 1 aromatic carbocycles. The molecule has 0 aliphatic rings. The number of nitrogens with one attached hydrogen (secondary N) is 1. The van der Waals surface area contributed by atoms with Crippen LogP contribution in [0, 0.1) is 35.0 Å². The number of amides is 1. The molecular weight excluding hydrogens is 505 g/mol. The molecule has 0 saturated heterocycles. The largest absolute Gasteiger partial charge is 0.464 e. The topological polar surface area (TPSA) is 55.4 Å². The van der Waals surface area contributed by atoms with E-state index in [9.17, 15) is 31.5 Å². The third-order valence-corrected chi connectivity index (χ3v) is 6.64. The maximum absolute atomic E-state index is 13.9. The number of carbonyl (C=O) groups excluding carboxylic acids is 2. The Balaban J connectivity index is 2.27. The predicted molar refractivity (Wildman–Crippen MR) is 138 cm³/mol. The molecular formula is C29H44F5NO3. The molecule has 0 aliphatic carbocycles. The van der Waals surface area contributed by atoms with Gasteiger partial charge in [-0.05, 0) is 12.3 Å². The molecule has 9 heteroatoms. The molecule has 0 bridgehead atoms. The first-order valence-corrected chi connectivity index (χ1v) is 14.1. The van der Waals surface area contributed by atoms with Gasteiger partial charge in [-0.3, -0.25) is 4.79 Å². The van der Waals surface area contributed by atoms with Crippen LogP contribution in [-0.4, -0.2) is 24.5 Å². The highest BCUT2D eigenvalue weighted by molar-refractivity contribution is 5.97. The van der Waals surface area contributed by atoms with Crippen molar-refractivity contribution >= 4 is 11.9 Å². The molecule has 0 fully saturated rings. The van der Waals surface area contributed by atoms with E-state index in [1.807, 2.05) is 5.32 Å².